The summed E-state index contributed by atoms with van der Waals surface area (Å²) in [6, 6.07) is 13.5. The van der Waals surface area contributed by atoms with Crippen LogP contribution >= 0.6 is 0 Å². The van der Waals surface area contributed by atoms with Crippen LogP contribution in [0.25, 0.3) is 0 Å². The van der Waals surface area contributed by atoms with E-state index in [1.165, 1.54) is 19.1 Å². The standard InChI is InChI=1S/C18H17NO4/c1-12-4-3-5-15(10-12)17(21)19-16-8-6-14(7-9-16)18(22)23-11-13(2)20/h3-10H,11H2,1-2H3,(H,19,21). The monoisotopic (exact) mass is 311 g/mol. The van der Waals surface area contributed by atoms with Crippen LogP contribution in [0.5, 0.6) is 0 Å². The van der Waals surface area contributed by atoms with E-state index in [0.717, 1.165) is 5.56 Å². The Labute approximate surface area is 134 Å². The number of carbonyl (C=O) groups is 3. The third-order valence-electron chi connectivity index (χ3n) is 3.07. The molecule has 2 aromatic carbocycles. The quantitative estimate of drug-likeness (QED) is 0.862. The Morgan fingerprint density at radius 1 is 1.00 bits per heavy atom. The van der Waals surface area contributed by atoms with Crippen molar-refractivity contribution in [2.24, 2.45) is 0 Å². The Morgan fingerprint density at radius 3 is 2.30 bits per heavy atom. The number of esters is 1. The summed E-state index contributed by atoms with van der Waals surface area (Å²) in [5, 5.41) is 2.76. The smallest absolute Gasteiger partial charge is 0.338 e. The number of benzene rings is 2. The summed E-state index contributed by atoms with van der Waals surface area (Å²) in [4.78, 5) is 34.6. The summed E-state index contributed by atoms with van der Waals surface area (Å²) in [5.74, 6) is -1.02. The lowest BCUT2D eigenvalue weighted by atomic mass is 10.1. The highest BCUT2D eigenvalue weighted by Gasteiger charge is 2.10. The van der Waals surface area contributed by atoms with Crippen molar-refractivity contribution in [3.63, 3.8) is 0 Å². The minimum absolute atomic E-state index is 0.222. The zero-order chi connectivity index (χ0) is 16.8. The van der Waals surface area contributed by atoms with Crippen LogP contribution in [0.4, 0.5) is 5.69 Å². The summed E-state index contributed by atoms with van der Waals surface area (Å²) >= 11 is 0. The Morgan fingerprint density at radius 2 is 1.70 bits per heavy atom. The number of ketones is 1. The number of anilines is 1. The molecular formula is C18H17NO4. The van der Waals surface area contributed by atoms with E-state index in [9.17, 15) is 14.4 Å². The van der Waals surface area contributed by atoms with E-state index in [0.29, 0.717) is 16.8 Å². The molecule has 0 bridgehead atoms. The SMILES string of the molecule is CC(=O)COC(=O)c1ccc(NC(=O)c2cccc(C)c2)cc1. The van der Waals surface area contributed by atoms with Gasteiger partial charge in [-0.2, -0.15) is 0 Å². The molecule has 0 aliphatic heterocycles. The highest BCUT2D eigenvalue weighted by Crippen LogP contribution is 2.13. The van der Waals surface area contributed by atoms with E-state index in [1.807, 2.05) is 19.1 Å². The van der Waals surface area contributed by atoms with Crippen LogP contribution in [0, 0.1) is 6.92 Å². The van der Waals surface area contributed by atoms with Gasteiger partial charge in [0.25, 0.3) is 5.91 Å². The van der Waals surface area contributed by atoms with Gasteiger partial charge in [0.05, 0.1) is 5.56 Å². The average molecular weight is 311 g/mol. The van der Waals surface area contributed by atoms with E-state index in [1.54, 1.807) is 24.3 Å². The third-order valence-corrected chi connectivity index (χ3v) is 3.07. The number of nitrogens with one attached hydrogen (secondary N) is 1. The maximum atomic E-state index is 12.1. The topological polar surface area (TPSA) is 72.5 Å². The van der Waals surface area contributed by atoms with Gasteiger partial charge < -0.3 is 10.1 Å². The fraction of sp³-hybridized carbons (Fsp3) is 0.167. The van der Waals surface area contributed by atoms with E-state index in [2.05, 4.69) is 5.32 Å². The Bertz CT molecular complexity index is 735. The number of ether oxygens (including phenoxy) is 1. The van der Waals surface area contributed by atoms with Gasteiger partial charge in [-0.1, -0.05) is 17.7 Å². The van der Waals surface area contributed by atoms with E-state index in [-0.39, 0.29) is 18.3 Å². The predicted molar refractivity (Wildman–Crippen MR) is 86.5 cm³/mol. The zero-order valence-electron chi connectivity index (χ0n) is 13.0. The second kappa shape index (κ2) is 7.35. The minimum atomic E-state index is -0.572. The molecular weight excluding hydrogens is 294 g/mol. The Kier molecular flexibility index (Phi) is 5.25. The third kappa shape index (κ3) is 4.78. The molecule has 0 spiro atoms. The van der Waals surface area contributed by atoms with Crippen LogP contribution in [-0.2, 0) is 9.53 Å². The molecule has 0 radical (unpaired) electrons. The number of amides is 1. The first-order valence-electron chi connectivity index (χ1n) is 7.10. The van der Waals surface area contributed by atoms with E-state index < -0.39 is 5.97 Å². The Hall–Kier alpha value is -2.95. The second-order valence-corrected chi connectivity index (χ2v) is 5.18. The number of hydrogen-bond donors (Lipinski definition) is 1. The number of Topliss-reactive ketones (excluding diaryl/α,β-unsaturated/α-hetero) is 1. The van der Waals surface area contributed by atoms with Crippen LogP contribution < -0.4 is 5.32 Å². The van der Waals surface area contributed by atoms with Crippen LogP contribution in [0.15, 0.2) is 48.5 Å². The highest BCUT2D eigenvalue weighted by atomic mass is 16.5. The van der Waals surface area contributed by atoms with Gasteiger partial charge in [-0.25, -0.2) is 4.79 Å². The van der Waals surface area contributed by atoms with Crippen LogP contribution in [0.3, 0.4) is 0 Å². The van der Waals surface area contributed by atoms with Gasteiger partial charge in [-0.15, -0.1) is 0 Å². The molecule has 118 valence electrons. The molecule has 0 aliphatic carbocycles. The zero-order valence-corrected chi connectivity index (χ0v) is 13.0. The van der Waals surface area contributed by atoms with Gasteiger partial charge in [0.15, 0.2) is 5.78 Å². The lowest BCUT2D eigenvalue weighted by Gasteiger charge is -2.07. The molecule has 0 fully saturated rings. The molecule has 2 rings (SSSR count). The lowest BCUT2D eigenvalue weighted by molar-refractivity contribution is -0.120. The van der Waals surface area contributed by atoms with Gasteiger partial charge >= 0.3 is 5.97 Å². The number of carbonyl (C=O) groups excluding carboxylic acids is 3. The van der Waals surface area contributed by atoms with Crippen LogP contribution in [-0.4, -0.2) is 24.3 Å². The number of rotatable bonds is 5. The van der Waals surface area contributed by atoms with Gasteiger partial charge in [0.1, 0.15) is 6.61 Å². The number of aryl methyl sites for hydroxylation is 1. The van der Waals surface area contributed by atoms with Crippen molar-refractivity contribution in [3.05, 3.63) is 65.2 Å². The van der Waals surface area contributed by atoms with Crippen LogP contribution in [0.2, 0.25) is 0 Å². The fourth-order valence-corrected chi connectivity index (χ4v) is 1.93. The summed E-state index contributed by atoms with van der Waals surface area (Å²) in [5.41, 5.74) is 2.45. The lowest BCUT2D eigenvalue weighted by Crippen LogP contribution is -2.13. The molecule has 0 aliphatic rings. The van der Waals surface area contributed by atoms with E-state index >= 15 is 0 Å². The summed E-state index contributed by atoms with van der Waals surface area (Å²) in [6.45, 7) is 3.01. The minimum Gasteiger partial charge on any atom is -0.454 e. The van der Waals surface area contributed by atoms with Crippen molar-refractivity contribution in [2.45, 2.75) is 13.8 Å². The average Bonchev–Trinajstić information content (AvgIpc) is 2.53. The molecule has 2 aromatic rings. The highest BCUT2D eigenvalue weighted by molar-refractivity contribution is 6.04. The molecule has 0 atom stereocenters. The predicted octanol–water partition coefficient (Wildman–Crippen LogP) is 2.99. The molecule has 5 nitrogen and oxygen atoms in total. The first kappa shape index (κ1) is 16.4. The molecule has 0 aromatic heterocycles. The molecule has 0 heterocycles. The molecule has 1 N–H and O–H groups in total. The van der Waals surface area contributed by atoms with Crippen molar-refractivity contribution in [1.29, 1.82) is 0 Å². The summed E-state index contributed by atoms with van der Waals surface area (Å²) in [6.07, 6.45) is 0. The van der Waals surface area contributed by atoms with Crippen molar-refractivity contribution in [1.82, 2.24) is 0 Å². The largest absolute Gasteiger partial charge is 0.454 e. The molecule has 23 heavy (non-hydrogen) atoms. The molecule has 0 unspecified atom stereocenters. The second-order valence-electron chi connectivity index (χ2n) is 5.18. The van der Waals surface area contributed by atoms with Crippen molar-refractivity contribution in [2.75, 3.05) is 11.9 Å². The van der Waals surface area contributed by atoms with Gasteiger partial charge in [0.2, 0.25) is 0 Å². The molecule has 5 heteroatoms. The van der Waals surface area contributed by atoms with Crippen LogP contribution in [0.1, 0.15) is 33.2 Å². The number of hydrogen-bond acceptors (Lipinski definition) is 4. The first-order valence-corrected chi connectivity index (χ1v) is 7.10. The van der Waals surface area contributed by atoms with Gasteiger partial charge in [-0.3, -0.25) is 9.59 Å². The molecule has 1 amide bonds. The fourth-order valence-electron chi connectivity index (χ4n) is 1.93. The maximum absolute atomic E-state index is 12.1. The van der Waals surface area contributed by atoms with Crippen molar-refractivity contribution in [3.8, 4) is 0 Å². The van der Waals surface area contributed by atoms with E-state index in [4.69, 9.17) is 4.74 Å². The van der Waals surface area contributed by atoms with Crippen molar-refractivity contribution >= 4 is 23.3 Å². The first-order chi connectivity index (χ1) is 11.0. The molecule has 0 saturated heterocycles. The summed E-state index contributed by atoms with van der Waals surface area (Å²) < 4.78 is 4.82. The van der Waals surface area contributed by atoms with Crippen molar-refractivity contribution < 1.29 is 19.1 Å². The van der Waals surface area contributed by atoms with Gasteiger partial charge in [-0.05, 0) is 50.2 Å². The normalized spacial score (nSPS) is 10.0. The van der Waals surface area contributed by atoms with Gasteiger partial charge in [0, 0.05) is 11.3 Å². The molecule has 0 saturated carbocycles. The maximum Gasteiger partial charge on any atom is 0.338 e. The summed E-state index contributed by atoms with van der Waals surface area (Å²) in [7, 11) is 0. The Balaban J connectivity index is 2.01.